The van der Waals surface area contributed by atoms with Crippen LogP contribution in [0.15, 0.2) is 121 Å². The molecule has 0 saturated heterocycles. The van der Waals surface area contributed by atoms with Gasteiger partial charge in [-0.3, -0.25) is 0 Å². The Labute approximate surface area is 229 Å². The Balaban J connectivity index is 1.41. The highest BCUT2D eigenvalue weighted by Gasteiger charge is 2.17. The van der Waals surface area contributed by atoms with E-state index in [-0.39, 0.29) is 5.28 Å². The van der Waals surface area contributed by atoms with Gasteiger partial charge in [-0.2, -0.15) is 9.97 Å². The lowest BCUT2D eigenvalue weighted by atomic mass is 9.98. The van der Waals surface area contributed by atoms with Gasteiger partial charge >= 0.3 is 0 Å². The maximum atomic E-state index is 6.39. The van der Waals surface area contributed by atoms with Gasteiger partial charge in [0.1, 0.15) is 0 Å². The maximum Gasteiger partial charge on any atom is 0.226 e. The molecule has 2 aromatic heterocycles. The molecule has 5 heteroatoms. The third-order valence-corrected chi connectivity index (χ3v) is 8.14. The highest BCUT2D eigenvalue weighted by molar-refractivity contribution is 7.26. The summed E-state index contributed by atoms with van der Waals surface area (Å²) < 4.78 is 2.37. The molecule has 0 aliphatic heterocycles. The van der Waals surface area contributed by atoms with E-state index in [0.717, 1.165) is 15.8 Å². The lowest BCUT2D eigenvalue weighted by molar-refractivity contribution is 1.07. The Morgan fingerprint density at radius 2 is 1.00 bits per heavy atom. The molecule has 0 amide bonds. The quantitative estimate of drug-likeness (QED) is 0.229. The van der Waals surface area contributed by atoms with Crippen LogP contribution in [0.2, 0.25) is 5.28 Å². The Hall–Kier alpha value is -4.38. The average molecular weight is 526 g/mol. The zero-order chi connectivity index (χ0) is 25.5. The van der Waals surface area contributed by atoms with Gasteiger partial charge < -0.3 is 0 Å². The Bertz CT molecular complexity index is 1930. The van der Waals surface area contributed by atoms with E-state index < -0.39 is 0 Å². The van der Waals surface area contributed by atoms with Gasteiger partial charge in [0.05, 0.1) is 0 Å². The number of fused-ring (bicyclic) bond motifs is 3. The second-order valence-electron chi connectivity index (χ2n) is 9.03. The van der Waals surface area contributed by atoms with E-state index in [1.165, 1.54) is 37.7 Å². The summed E-state index contributed by atoms with van der Waals surface area (Å²) in [4.78, 5) is 13.7. The van der Waals surface area contributed by atoms with Gasteiger partial charge in [0.15, 0.2) is 11.6 Å². The van der Waals surface area contributed by atoms with Crippen molar-refractivity contribution in [2.24, 2.45) is 0 Å². The second kappa shape index (κ2) is 9.49. The third kappa shape index (κ3) is 4.04. The minimum absolute atomic E-state index is 0.186. The predicted molar refractivity (Wildman–Crippen MR) is 159 cm³/mol. The van der Waals surface area contributed by atoms with Gasteiger partial charge in [-0.05, 0) is 46.0 Å². The van der Waals surface area contributed by atoms with Crippen molar-refractivity contribution >= 4 is 43.1 Å². The molecule has 0 N–H and O–H groups in total. The van der Waals surface area contributed by atoms with Crippen LogP contribution >= 0.6 is 22.9 Å². The summed E-state index contributed by atoms with van der Waals surface area (Å²) in [6.07, 6.45) is 0. The molecule has 7 aromatic rings. The largest absolute Gasteiger partial charge is 0.226 e. The number of halogens is 1. The molecule has 0 bridgehead atoms. The van der Waals surface area contributed by atoms with E-state index in [1.807, 2.05) is 36.4 Å². The number of rotatable bonds is 4. The van der Waals surface area contributed by atoms with Crippen LogP contribution in [0.3, 0.4) is 0 Å². The summed E-state index contributed by atoms with van der Waals surface area (Å²) in [5.41, 5.74) is 6.68. The van der Waals surface area contributed by atoms with Crippen LogP contribution in [-0.4, -0.2) is 15.0 Å². The SMILES string of the molecule is Clc1nc(-c2ccccc2)nc(-c2cccc3c2sc2c(-c4cccc(-c5ccccc5)c4)cccc23)n1. The third-order valence-electron chi connectivity index (χ3n) is 6.69. The maximum absolute atomic E-state index is 6.39. The van der Waals surface area contributed by atoms with Crippen LogP contribution in [0, 0.1) is 0 Å². The Kier molecular flexibility index (Phi) is 5.69. The summed E-state index contributed by atoms with van der Waals surface area (Å²) in [6, 6.07) is 41.9. The molecule has 0 saturated carbocycles. The highest BCUT2D eigenvalue weighted by atomic mass is 35.5. The molecule has 0 radical (unpaired) electrons. The molecular formula is C33H20ClN3S. The lowest BCUT2D eigenvalue weighted by Crippen LogP contribution is -1.97. The van der Waals surface area contributed by atoms with Crippen molar-refractivity contribution < 1.29 is 0 Å². The summed E-state index contributed by atoms with van der Waals surface area (Å²) in [7, 11) is 0. The van der Waals surface area contributed by atoms with Gasteiger partial charge in [0.25, 0.3) is 0 Å². The fourth-order valence-corrected chi connectivity index (χ4v) is 6.41. The highest BCUT2D eigenvalue weighted by Crippen LogP contribution is 2.43. The molecule has 3 nitrogen and oxygen atoms in total. The monoisotopic (exact) mass is 525 g/mol. The van der Waals surface area contributed by atoms with Crippen molar-refractivity contribution in [3.63, 3.8) is 0 Å². The molecule has 5 aromatic carbocycles. The standard InChI is InChI=1S/C33H20ClN3S/c34-33-36-31(22-12-5-2-6-13-22)35-32(37-33)28-19-9-18-27-26-17-8-16-25(29(26)38-30(27)28)24-15-7-14-23(20-24)21-10-3-1-4-11-21/h1-20H. The van der Waals surface area contributed by atoms with Crippen molar-refractivity contribution in [2.75, 3.05) is 0 Å². The minimum atomic E-state index is 0.186. The molecule has 180 valence electrons. The molecule has 0 aliphatic rings. The van der Waals surface area contributed by atoms with Gasteiger partial charge in [0.2, 0.25) is 5.28 Å². The van der Waals surface area contributed by atoms with Crippen LogP contribution in [-0.2, 0) is 0 Å². The summed E-state index contributed by atoms with van der Waals surface area (Å²) in [5.74, 6) is 1.14. The molecular weight excluding hydrogens is 506 g/mol. The van der Waals surface area contributed by atoms with Crippen LogP contribution in [0.25, 0.3) is 65.2 Å². The average Bonchev–Trinajstić information content (AvgIpc) is 3.37. The van der Waals surface area contributed by atoms with Crippen molar-refractivity contribution in [1.29, 1.82) is 0 Å². The summed E-state index contributed by atoms with van der Waals surface area (Å²) in [5, 5.41) is 2.59. The van der Waals surface area contributed by atoms with E-state index in [4.69, 9.17) is 16.6 Å². The van der Waals surface area contributed by atoms with Crippen LogP contribution in [0.4, 0.5) is 0 Å². The number of nitrogens with zero attached hydrogens (tertiary/aromatic N) is 3. The summed E-state index contributed by atoms with van der Waals surface area (Å²) in [6.45, 7) is 0. The van der Waals surface area contributed by atoms with Gasteiger partial charge in [-0.15, -0.1) is 11.3 Å². The molecule has 0 atom stereocenters. The first-order valence-electron chi connectivity index (χ1n) is 12.3. The lowest BCUT2D eigenvalue weighted by Gasteiger charge is -2.07. The number of thiophene rings is 1. The minimum Gasteiger partial charge on any atom is -0.208 e. The van der Waals surface area contributed by atoms with Crippen molar-refractivity contribution in [3.8, 4) is 45.0 Å². The van der Waals surface area contributed by atoms with Gasteiger partial charge in [-0.1, -0.05) is 109 Å². The predicted octanol–water partition coefficient (Wildman–Crippen LogP) is 9.56. The molecule has 0 unspecified atom stereocenters. The molecule has 7 rings (SSSR count). The normalized spacial score (nSPS) is 11.3. The van der Waals surface area contributed by atoms with Gasteiger partial charge in [-0.25, -0.2) is 4.98 Å². The van der Waals surface area contributed by atoms with E-state index in [1.54, 1.807) is 11.3 Å². The van der Waals surface area contributed by atoms with Crippen LogP contribution < -0.4 is 0 Å². The fourth-order valence-electron chi connectivity index (χ4n) is 4.91. The first-order chi connectivity index (χ1) is 18.7. The number of hydrogen-bond acceptors (Lipinski definition) is 4. The van der Waals surface area contributed by atoms with Gasteiger partial charge in [0, 0.05) is 31.3 Å². The van der Waals surface area contributed by atoms with E-state index >= 15 is 0 Å². The molecule has 2 heterocycles. The second-order valence-corrected chi connectivity index (χ2v) is 10.4. The molecule has 0 spiro atoms. The van der Waals surface area contributed by atoms with E-state index in [9.17, 15) is 0 Å². The van der Waals surface area contributed by atoms with Crippen molar-refractivity contribution in [3.05, 3.63) is 127 Å². The van der Waals surface area contributed by atoms with Crippen LogP contribution in [0.1, 0.15) is 0 Å². The number of benzene rings is 5. The molecule has 0 fully saturated rings. The van der Waals surface area contributed by atoms with E-state index in [2.05, 4.69) is 94.9 Å². The number of hydrogen-bond donors (Lipinski definition) is 0. The topological polar surface area (TPSA) is 38.7 Å². The smallest absolute Gasteiger partial charge is 0.208 e. The van der Waals surface area contributed by atoms with Crippen molar-refractivity contribution in [2.45, 2.75) is 0 Å². The van der Waals surface area contributed by atoms with E-state index in [0.29, 0.717) is 11.6 Å². The fraction of sp³-hybridized carbons (Fsp3) is 0. The zero-order valence-electron chi connectivity index (χ0n) is 20.2. The molecule has 0 aliphatic carbocycles. The Morgan fingerprint density at radius 1 is 0.447 bits per heavy atom. The summed E-state index contributed by atoms with van der Waals surface area (Å²) >= 11 is 8.16. The van der Waals surface area contributed by atoms with Crippen LogP contribution in [0.5, 0.6) is 0 Å². The zero-order valence-corrected chi connectivity index (χ0v) is 21.7. The first kappa shape index (κ1) is 22.8. The first-order valence-corrected chi connectivity index (χ1v) is 13.5. The van der Waals surface area contributed by atoms with Crippen molar-refractivity contribution in [1.82, 2.24) is 15.0 Å². The number of aromatic nitrogens is 3. The molecule has 38 heavy (non-hydrogen) atoms. The Morgan fingerprint density at radius 3 is 1.74 bits per heavy atom.